The van der Waals surface area contributed by atoms with E-state index in [1.165, 1.54) is 12.1 Å². The second-order valence-electron chi connectivity index (χ2n) is 5.26. The predicted molar refractivity (Wildman–Crippen MR) is 68.9 cm³/mol. The molecule has 0 aromatic carbocycles. The summed E-state index contributed by atoms with van der Waals surface area (Å²) in [6.45, 7) is 7.07. The molecule has 0 saturated carbocycles. The molecule has 17 heavy (non-hydrogen) atoms. The summed E-state index contributed by atoms with van der Waals surface area (Å²) < 4.78 is 0. The highest BCUT2D eigenvalue weighted by Crippen LogP contribution is 2.21. The number of pyridine rings is 1. The molecule has 0 aliphatic carbocycles. The third-order valence-corrected chi connectivity index (χ3v) is 2.32. The Morgan fingerprint density at radius 2 is 2.06 bits per heavy atom. The van der Waals surface area contributed by atoms with Crippen molar-refractivity contribution in [2.45, 2.75) is 20.8 Å². The fraction of sp³-hybridized carbons (Fsp3) is 0.500. The normalized spacial score (nSPS) is 11.4. The molecule has 0 atom stereocenters. The van der Waals surface area contributed by atoms with Gasteiger partial charge >= 0.3 is 5.97 Å². The highest BCUT2D eigenvalue weighted by Gasteiger charge is 2.16. The van der Waals surface area contributed by atoms with Crippen molar-refractivity contribution in [1.29, 1.82) is 0 Å². The first-order valence-corrected chi connectivity index (χ1v) is 5.69. The van der Waals surface area contributed by atoms with Gasteiger partial charge in [-0.1, -0.05) is 32.4 Å². The molecule has 0 fully saturated rings. The second kappa shape index (κ2) is 4.92. The molecule has 1 aromatic rings. The number of aromatic carboxylic acids is 1. The minimum atomic E-state index is -1.00. The van der Waals surface area contributed by atoms with E-state index in [2.05, 4.69) is 25.8 Å². The van der Waals surface area contributed by atoms with Crippen LogP contribution in [-0.2, 0) is 0 Å². The molecule has 4 nitrogen and oxygen atoms in total. The third-order valence-electron chi connectivity index (χ3n) is 2.13. The summed E-state index contributed by atoms with van der Waals surface area (Å²) in [5.74, 6) is -0.426. The van der Waals surface area contributed by atoms with Gasteiger partial charge in [-0.2, -0.15) is 0 Å². The molecule has 94 valence electrons. The zero-order chi connectivity index (χ0) is 13.2. The van der Waals surface area contributed by atoms with Gasteiger partial charge < -0.3 is 10.0 Å². The van der Waals surface area contributed by atoms with Crippen molar-refractivity contribution >= 4 is 23.4 Å². The highest BCUT2D eigenvalue weighted by atomic mass is 35.5. The third kappa shape index (κ3) is 4.23. The van der Waals surface area contributed by atoms with Crippen LogP contribution >= 0.6 is 11.6 Å². The number of rotatable bonds is 3. The van der Waals surface area contributed by atoms with Crippen molar-refractivity contribution in [2.75, 3.05) is 18.5 Å². The van der Waals surface area contributed by atoms with Crippen LogP contribution in [0.15, 0.2) is 12.1 Å². The van der Waals surface area contributed by atoms with Crippen LogP contribution in [0.3, 0.4) is 0 Å². The van der Waals surface area contributed by atoms with Crippen LogP contribution in [0.2, 0.25) is 5.15 Å². The average molecular weight is 257 g/mol. The van der Waals surface area contributed by atoms with Crippen LogP contribution in [0.5, 0.6) is 0 Å². The smallest absolute Gasteiger partial charge is 0.335 e. The molecule has 1 N–H and O–H groups in total. The molecule has 0 radical (unpaired) electrons. The SMILES string of the molecule is CN(CC(C)(C)C)c1cc(C(=O)O)cc(Cl)n1. The fourth-order valence-electron chi connectivity index (χ4n) is 1.59. The van der Waals surface area contributed by atoms with Crippen LogP contribution < -0.4 is 4.90 Å². The molecular weight excluding hydrogens is 240 g/mol. The van der Waals surface area contributed by atoms with Gasteiger partial charge in [0.15, 0.2) is 0 Å². The zero-order valence-electron chi connectivity index (χ0n) is 10.5. The first-order valence-electron chi connectivity index (χ1n) is 5.31. The maximum atomic E-state index is 10.9. The van der Waals surface area contributed by atoms with Crippen molar-refractivity contribution in [3.63, 3.8) is 0 Å². The Bertz CT molecular complexity index is 427. The van der Waals surface area contributed by atoms with Crippen molar-refractivity contribution < 1.29 is 9.90 Å². The van der Waals surface area contributed by atoms with Gasteiger partial charge in [0, 0.05) is 13.6 Å². The highest BCUT2D eigenvalue weighted by molar-refractivity contribution is 6.29. The summed E-state index contributed by atoms with van der Waals surface area (Å²) in [4.78, 5) is 16.9. The van der Waals surface area contributed by atoms with E-state index in [0.717, 1.165) is 6.54 Å². The van der Waals surface area contributed by atoms with Crippen molar-refractivity contribution in [2.24, 2.45) is 5.41 Å². The van der Waals surface area contributed by atoms with Crippen molar-refractivity contribution in [3.05, 3.63) is 22.8 Å². The van der Waals surface area contributed by atoms with E-state index in [4.69, 9.17) is 16.7 Å². The van der Waals surface area contributed by atoms with Crippen LogP contribution in [0.4, 0.5) is 5.82 Å². The summed E-state index contributed by atoms with van der Waals surface area (Å²) in [6.07, 6.45) is 0. The summed E-state index contributed by atoms with van der Waals surface area (Å²) >= 11 is 5.81. The predicted octanol–water partition coefficient (Wildman–Crippen LogP) is 2.92. The number of carboxylic acids is 1. The lowest BCUT2D eigenvalue weighted by molar-refractivity contribution is 0.0697. The number of anilines is 1. The molecule has 0 saturated heterocycles. The molecule has 5 heteroatoms. The molecule has 0 aliphatic heterocycles. The van der Waals surface area contributed by atoms with Gasteiger partial charge in [0.25, 0.3) is 0 Å². The fourth-order valence-corrected chi connectivity index (χ4v) is 1.80. The molecule has 0 amide bonds. The number of carbonyl (C=O) groups is 1. The van der Waals surface area contributed by atoms with Crippen LogP contribution in [-0.4, -0.2) is 29.7 Å². The van der Waals surface area contributed by atoms with E-state index in [1.807, 2.05) is 11.9 Å². The summed E-state index contributed by atoms with van der Waals surface area (Å²) in [5.41, 5.74) is 0.253. The monoisotopic (exact) mass is 256 g/mol. The van der Waals surface area contributed by atoms with E-state index < -0.39 is 5.97 Å². The maximum Gasteiger partial charge on any atom is 0.335 e. The molecule has 0 spiro atoms. The van der Waals surface area contributed by atoms with Gasteiger partial charge in [0.05, 0.1) is 5.56 Å². The molecule has 1 rings (SSSR count). The largest absolute Gasteiger partial charge is 0.478 e. The molecule has 0 bridgehead atoms. The minimum absolute atomic E-state index is 0.0993. The van der Waals surface area contributed by atoms with Crippen LogP contribution in [0, 0.1) is 5.41 Å². The molecule has 1 heterocycles. The molecule has 1 aromatic heterocycles. The first kappa shape index (κ1) is 13.8. The lowest BCUT2D eigenvalue weighted by atomic mass is 9.96. The Hall–Kier alpha value is -1.29. The van der Waals surface area contributed by atoms with Crippen molar-refractivity contribution in [3.8, 4) is 0 Å². The van der Waals surface area contributed by atoms with Gasteiger partial charge in [0.1, 0.15) is 11.0 Å². The Morgan fingerprint density at radius 1 is 1.47 bits per heavy atom. The number of nitrogens with zero attached hydrogens (tertiary/aromatic N) is 2. The van der Waals surface area contributed by atoms with E-state index in [-0.39, 0.29) is 16.1 Å². The Balaban J connectivity index is 3.01. The van der Waals surface area contributed by atoms with E-state index in [1.54, 1.807) is 0 Å². The van der Waals surface area contributed by atoms with E-state index in [0.29, 0.717) is 5.82 Å². The second-order valence-corrected chi connectivity index (χ2v) is 5.65. The quantitative estimate of drug-likeness (QED) is 0.845. The first-order chi connectivity index (χ1) is 7.69. The zero-order valence-corrected chi connectivity index (χ0v) is 11.2. The standard InChI is InChI=1S/C12H17ClN2O2/c1-12(2,3)7-15(4)10-6-8(11(16)17)5-9(13)14-10/h5-6H,7H2,1-4H3,(H,16,17). The van der Waals surface area contributed by atoms with Gasteiger partial charge in [-0.3, -0.25) is 0 Å². The van der Waals surface area contributed by atoms with Gasteiger partial charge in [-0.05, 0) is 17.5 Å². The molecule has 0 aliphatic rings. The lowest BCUT2D eigenvalue weighted by Gasteiger charge is -2.27. The van der Waals surface area contributed by atoms with Crippen LogP contribution in [0.1, 0.15) is 31.1 Å². The molecular formula is C12H17ClN2O2. The number of aromatic nitrogens is 1. The molecule has 0 unspecified atom stereocenters. The number of hydrogen-bond acceptors (Lipinski definition) is 3. The Kier molecular flexibility index (Phi) is 3.98. The lowest BCUT2D eigenvalue weighted by Crippen LogP contribution is -2.29. The number of hydrogen-bond donors (Lipinski definition) is 1. The van der Waals surface area contributed by atoms with E-state index >= 15 is 0 Å². The summed E-state index contributed by atoms with van der Waals surface area (Å²) in [6, 6.07) is 2.87. The number of carboxylic acid groups (broad SMARTS) is 1. The van der Waals surface area contributed by atoms with Crippen LogP contribution in [0.25, 0.3) is 0 Å². The van der Waals surface area contributed by atoms with E-state index in [9.17, 15) is 4.79 Å². The van der Waals surface area contributed by atoms with Crippen molar-refractivity contribution in [1.82, 2.24) is 4.98 Å². The summed E-state index contributed by atoms with van der Waals surface area (Å²) in [7, 11) is 1.87. The minimum Gasteiger partial charge on any atom is -0.478 e. The average Bonchev–Trinajstić information content (AvgIpc) is 2.13. The maximum absolute atomic E-state index is 10.9. The van der Waals surface area contributed by atoms with Gasteiger partial charge in [-0.25, -0.2) is 9.78 Å². The Labute approximate surface area is 106 Å². The van der Waals surface area contributed by atoms with Gasteiger partial charge in [-0.15, -0.1) is 0 Å². The Morgan fingerprint density at radius 3 is 2.53 bits per heavy atom. The topological polar surface area (TPSA) is 53.4 Å². The number of halogens is 1. The summed E-state index contributed by atoms with van der Waals surface area (Å²) in [5, 5.41) is 9.14. The van der Waals surface area contributed by atoms with Gasteiger partial charge in [0.2, 0.25) is 0 Å².